The molecule has 0 heterocycles. The van der Waals surface area contributed by atoms with E-state index in [4.69, 9.17) is 10.8 Å². The van der Waals surface area contributed by atoms with Gasteiger partial charge in [0, 0.05) is 6.04 Å². The van der Waals surface area contributed by atoms with Gasteiger partial charge in [-0.15, -0.1) is 0 Å². The van der Waals surface area contributed by atoms with Crippen LogP contribution in [0.2, 0.25) is 0 Å². The monoisotopic (exact) mass is 285 g/mol. The van der Waals surface area contributed by atoms with E-state index in [1.807, 2.05) is 0 Å². The molecule has 3 amide bonds. The fraction of sp³-hybridized carbons (Fsp3) is 0.769. The normalized spacial score (nSPS) is 22.1. The molecule has 7 heteroatoms. The van der Waals surface area contributed by atoms with Gasteiger partial charge in [-0.25, -0.2) is 4.79 Å². The maximum atomic E-state index is 12.0. The molecule has 0 aliphatic heterocycles. The Morgan fingerprint density at radius 1 is 1.20 bits per heavy atom. The summed E-state index contributed by atoms with van der Waals surface area (Å²) in [4.78, 5) is 34.5. The van der Waals surface area contributed by atoms with Gasteiger partial charge in [0.1, 0.15) is 13.1 Å². The number of hydrogen-bond donors (Lipinski definition) is 3. The number of amides is 3. The standard InChI is InChI=1S/C13H23N3O4/c1-2-9-3-5-10(6-4-9)15-13(20)16(7-11(14)17)8-12(18)19/h9-10H,2-8H2,1H3,(H2,14,17)(H,15,20)(H,18,19). The lowest BCUT2D eigenvalue weighted by atomic mass is 9.84. The number of primary amides is 1. The van der Waals surface area contributed by atoms with Crippen molar-refractivity contribution in [2.75, 3.05) is 13.1 Å². The number of rotatable bonds is 6. The Hall–Kier alpha value is -1.79. The average Bonchev–Trinajstić information content (AvgIpc) is 2.37. The summed E-state index contributed by atoms with van der Waals surface area (Å²) in [6.07, 6.45) is 5.06. The molecule has 4 N–H and O–H groups in total. The maximum Gasteiger partial charge on any atom is 0.323 e. The zero-order chi connectivity index (χ0) is 15.1. The van der Waals surface area contributed by atoms with E-state index in [0.717, 1.165) is 37.0 Å². The van der Waals surface area contributed by atoms with Crippen molar-refractivity contribution in [1.29, 1.82) is 0 Å². The number of hydrogen-bond acceptors (Lipinski definition) is 3. The minimum atomic E-state index is -1.17. The minimum Gasteiger partial charge on any atom is -0.480 e. The lowest BCUT2D eigenvalue weighted by Gasteiger charge is -2.30. The fourth-order valence-corrected chi connectivity index (χ4v) is 2.53. The molecule has 0 unspecified atom stereocenters. The van der Waals surface area contributed by atoms with Gasteiger partial charge in [0.2, 0.25) is 5.91 Å². The van der Waals surface area contributed by atoms with Crippen LogP contribution in [-0.4, -0.2) is 47.0 Å². The first kappa shape index (κ1) is 16.3. The predicted molar refractivity (Wildman–Crippen MR) is 73.0 cm³/mol. The number of carboxylic acids is 1. The highest BCUT2D eigenvalue weighted by molar-refractivity contribution is 5.86. The number of aliphatic carboxylic acids is 1. The van der Waals surface area contributed by atoms with Crippen LogP contribution in [-0.2, 0) is 9.59 Å². The van der Waals surface area contributed by atoms with Crippen LogP contribution in [0.1, 0.15) is 39.0 Å². The van der Waals surface area contributed by atoms with Crippen LogP contribution in [0.15, 0.2) is 0 Å². The first-order valence-electron chi connectivity index (χ1n) is 6.97. The molecule has 0 spiro atoms. The highest BCUT2D eigenvalue weighted by Gasteiger charge is 2.25. The molecule has 0 aromatic heterocycles. The van der Waals surface area contributed by atoms with Gasteiger partial charge in [-0.05, 0) is 31.6 Å². The molecule has 20 heavy (non-hydrogen) atoms. The van der Waals surface area contributed by atoms with Gasteiger partial charge in [0.05, 0.1) is 0 Å². The van der Waals surface area contributed by atoms with E-state index in [1.54, 1.807) is 0 Å². The summed E-state index contributed by atoms with van der Waals surface area (Å²) < 4.78 is 0. The van der Waals surface area contributed by atoms with E-state index in [9.17, 15) is 14.4 Å². The molecule has 0 bridgehead atoms. The molecule has 0 atom stereocenters. The van der Waals surface area contributed by atoms with Gasteiger partial charge in [0.25, 0.3) is 0 Å². The Bertz CT molecular complexity index is 349. The summed E-state index contributed by atoms with van der Waals surface area (Å²) in [5.41, 5.74) is 5.02. The van der Waals surface area contributed by atoms with Crippen molar-refractivity contribution < 1.29 is 19.5 Å². The molecule has 7 nitrogen and oxygen atoms in total. The number of nitrogens with two attached hydrogens (primary N) is 1. The van der Waals surface area contributed by atoms with Crippen molar-refractivity contribution in [3.05, 3.63) is 0 Å². The minimum absolute atomic E-state index is 0.0504. The second-order valence-electron chi connectivity index (χ2n) is 5.29. The van der Waals surface area contributed by atoms with Crippen molar-refractivity contribution in [3.8, 4) is 0 Å². The van der Waals surface area contributed by atoms with Gasteiger partial charge in [-0.2, -0.15) is 0 Å². The summed E-state index contributed by atoms with van der Waals surface area (Å²) in [5, 5.41) is 11.5. The van der Waals surface area contributed by atoms with Crippen LogP contribution in [0.3, 0.4) is 0 Å². The first-order valence-corrected chi connectivity index (χ1v) is 6.97. The number of urea groups is 1. The van der Waals surface area contributed by atoms with Crippen LogP contribution in [0.5, 0.6) is 0 Å². The third kappa shape index (κ3) is 5.46. The zero-order valence-electron chi connectivity index (χ0n) is 11.8. The summed E-state index contributed by atoms with van der Waals surface area (Å²) in [6, 6.07) is -0.486. The molecular weight excluding hydrogens is 262 g/mol. The second kappa shape index (κ2) is 7.72. The SMILES string of the molecule is CCC1CCC(NC(=O)N(CC(N)=O)CC(=O)O)CC1. The molecule has 0 aromatic rings. The molecule has 1 saturated carbocycles. The number of nitrogens with one attached hydrogen (secondary N) is 1. The lowest BCUT2D eigenvalue weighted by molar-refractivity contribution is -0.137. The fourth-order valence-electron chi connectivity index (χ4n) is 2.53. The van der Waals surface area contributed by atoms with Gasteiger partial charge < -0.3 is 21.1 Å². The van der Waals surface area contributed by atoms with Crippen LogP contribution < -0.4 is 11.1 Å². The van der Waals surface area contributed by atoms with E-state index >= 15 is 0 Å². The molecular formula is C13H23N3O4. The van der Waals surface area contributed by atoms with Crippen molar-refractivity contribution in [3.63, 3.8) is 0 Å². The van der Waals surface area contributed by atoms with E-state index in [-0.39, 0.29) is 12.6 Å². The Labute approximate surface area is 118 Å². The van der Waals surface area contributed by atoms with Crippen LogP contribution in [0.25, 0.3) is 0 Å². The average molecular weight is 285 g/mol. The Kier molecular flexibility index (Phi) is 6.27. The lowest BCUT2D eigenvalue weighted by Crippen LogP contribution is -2.50. The highest BCUT2D eigenvalue weighted by Crippen LogP contribution is 2.26. The maximum absolute atomic E-state index is 12.0. The molecule has 1 aliphatic rings. The summed E-state index contributed by atoms with van der Waals surface area (Å²) in [6.45, 7) is 1.24. The largest absolute Gasteiger partial charge is 0.480 e. The molecule has 0 radical (unpaired) electrons. The molecule has 114 valence electrons. The molecule has 1 fully saturated rings. The van der Waals surface area contributed by atoms with E-state index in [2.05, 4.69) is 12.2 Å². The molecule has 1 aliphatic carbocycles. The first-order chi connectivity index (χ1) is 9.42. The van der Waals surface area contributed by atoms with Crippen molar-refractivity contribution in [2.45, 2.75) is 45.1 Å². The van der Waals surface area contributed by atoms with Gasteiger partial charge in [0.15, 0.2) is 0 Å². The van der Waals surface area contributed by atoms with Gasteiger partial charge in [-0.1, -0.05) is 13.3 Å². The van der Waals surface area contributed by atoms with Crippen molar-refractivity contribution >= 4 is 17.9 Å². The summed E-state index contributed by atoms with van der Waals surface area (Å²) in [5.74, 6) is -1.18. The zero-order valence-corrected chi connectivity index (χ0v) is 11.8. The summed E-state index contributed by atoms with van der Waals surface area (Å²) >= 11 is 0. The van der Waals surface area contributed by atoms with E-state index in [0.29, 0.717) is 5.92 Å². The molecule has 0 saturated heterocycles. The third-order valence-corrected chi connectivity index (χ3v) is 3.71. The van der Waals surface area contributed by atoms with Crippen LogP contribution in [0, 0.1) is 5.92 Å². The summed E-state index contributed by atoms with van der Waals surface area (Å²) in [7, 11) is 0. The highest BCUT2D eigenvalue weighted by atomic mass is 16.4. The number of carboxylic acid groups (broad SMARTS) is 1. The third-order valence-electron chi connectivity index (χ3n) is 3.71. The predicted octanol–water partition coefficient (Wildman–Crippen LogP) is 0.537. The second-order valence-corrected chi connectivity index (χ2v) is 5.29. The van der Waals surface area contributed by atoms with Crippen molar-refractivity contribution in [2.24, 2.45) is 11.7 Å². The Morgan fingerprint density at radius 3 is 2.25 bits per heavy atom. The van der Waals surface area contributed by atoms with Gasteiger partial charge >= 0.3 is 12.0 Å². The molecule has 1 rings (SSSR count). The number of nitrogens with zero attached hydrogens (tertiary/aromatic N) is 1. The Balaban J connectivity index is 2.49. The van der Waals surface area contributed by atoms with Crippen LogP contribution >= 0.6 is 0 Å². The van der Waals surface area contributed by atoms with Gasteiger partial charge in [-0.3, -0.25) is 9.59 Å². The van der Waals surface area contributed by atoms with E-state index in [1.165, 1.54) is 0 Å². The number of carbonyl (C=O) groups excluding carboxylic acids is 2. The van der Waals surface area contributed by atoms with E-state index < -0.39 is 24.5 Å². The number of carbonyl (C=O) groups is 3. The smallest absolute Gasteiger partial charge is 0.323 e. The topological polar surface area (TPSA) is 113 Å². The quantitative estimate of drug-likeness (QED) is 0.661. The molecule has 0 aromatic carbocycles. The van der Waals surface area contributed by atoms with Crippen LogP contribution in [0.4, 0.5) is 4.79 Å². The Morgan fingerprint density at radius 2 is 1.80 bits per heavy atom. The van der Waals surface area contributed by atoms with Crippen molar-refractivity contribution in [1.82, 2.24) is 10.2 Å².